The molecule has 0 amide bonds. The van der Waals surface area contributed by atoms with E-state index in [2.05, 4.69) is 48.1 Å². The molecule has 0 nitrogen and oxygen atoms in total. The van der Waals surface area contributed by atoms with E-state index in [9.17, 15) is 0 Å². The molecule has 1 atom stereocenters. The van der Waals surface area contributed by atoms with Crippen molar-refractivity contribution in [3.63, 3.8) is 0 Å². The Morgan fingerprint density at radius 1 is 1.17 bits per heavy atom. The molecule has 0 N–H and O–H groups in total. The molecule has 0 bridgehead atoms. The number of allylic oxidation sites excluding steroid dienone is 1. The Bertz CT molecular complexity index is 146. The van der Waals surface area contributed by atoms with Crippen molar-refractivity contribution in [1.82, 2.24) is 0 Å². The van der Waals surface area contributed by atoms with Crippen molar-refractivity contribution < 1.29 is 0 Å². The monoisotopic (exact) mass is 168 g/mol. The molecule has 0 radical (unpaired) electrons. The second kappa shape index (κ2) is 4.11. The van der Waals surface area contributed by atoms with Crippen molar-refractivity contribution >= 4 is 0 Å². The van der Waals surface area contributed by atoms with Crippen molar-refractivity contribution in [2.24, 2.45) is 17.3 Å². The molecule has 12 heavy (non-hydrogen) atoms. The first-order valence-electron chi connectivity index (χ1n) is 4.94. The quantitative estimate of drug-likeness (QED) is 0.552. The molecule has 0 aromatic heterocycles. The topological polar surface area (TPSA) is 0 Å². The van der Waals surface area contributed by atoms with Crippen LogP contribution < -0.4 is 0 Å². The average molecular weight is 168 g/mol. The van der Waals surface area contributed by atoms with Crippen LogP contribution in [-0.4, -0.2) is 0 Å². The lowest BCUT2D eigenvalue weighted by atomic mass is 9.78. The molecule has 0 heteroatoms. The van der Waals surface area contributed by atoms with E-state index in [1.54, 1.807) is 0 Å². The largest absolute Gasteiger partial charge is 0.0991 e. The minimum atomic E-state index is 0.272. The minimum absolute atomic E-state index is 0.272. The maximum absolute atomic E-state index is 4.18. The summed E-state index contributed by atoms with van der Waals surface area (Å²) in [5, 5.41) is 0. The highest BCUT2D eigenvalue weighted by Crippen LogP contribution is 2.32. The molecule has 0 heterocycles. The van der Waals surface area contributed by atoms with Crippen LogP contribution in [0.5, 0.6) is 0 Å². The summed E-state index contributed by atoms with van der Waals surface area (Å²) in [7, 11) is 0. The van der Waals surface area contributed by atoms with E-state index in [1.165, 1.54) is 12.0 Å². The van der Waals surface area contributed by atoms with Gasteiger partial charge in [-0.25, -0.2) is 0 Å². The fourth-order valence-corrected chi connectivity index (χ4v) is 1.59. The third-order valence-corrected chi connectivity index (χ3v) is 2.38. The summed E-state index contributed by atoms with van der Waals surface area (Å²) in [6.45, 7) is 17.7. The van der Waals surface area contributed by atoms with Gasteiger partial charge in [0.15, 0.2) is 0 Å². The summed E-state index contributed by atoms with van der Waals surface area (Å²) in [5.74, 6) is 1.43. The van der Waals surface area contributed by atoms with Gasteiger partial charge >= 0.3 is 0 Å². The lowest BCUT2D eigenvalue weighted by molar-refractivity contribution is 0.392. The normalized spacial score (nSPS) is 14.9. The van der Waals surface area contributed by atoms with E-state index in [1.807, 2.05) is 0 Å². The van der Waals surface area contributed by atoms with E-state index in [0.717, 1.165) is 5.92 Å². The second-order valence-corrected chi connectivity index (χ2v) is 5.31. The van der Waals surface area contributed by atoms with Crippen molar-refractivity contribution in [1.29, 1.82) is 0 Å². The molecular formula is C12H24. The highest BCUT2D eigenvalue weighted by atomic mass is 14.3. The van der Waals surface area contributed by atoms with Gasteiger partial charge in [0.25, 0.3) is 0 Å². The van der Waals surface area contributed by atoms with E-state index < -0.39 is 0 Å². The van der Waals surface area contributed by atoms with Gasteiger partial charge in [0, 0.05) is 0 Å². The SMILES string of the molecule is C=C(C(C)CC(C)C)C(C)(C)C. The van der Waals surface area contributed by atoms with Crippen LogP contribution in [0.3, 0.4) is 0 Å². The standard InChI is InChI=1S/C12H24/c1-9(2)8-10(3)11(4)12(5,6)7/h9-10H,4,8H2,1-3,5-7H3. The Labute approximate surface area is 78.1 Å². The molecule has 0 aliphatic rings. The third-order valence-electron chi connectivity index (χ3n) is 2.38. The van der Waals surface area contributed by atoms with Crippen LogP contribution in [0.1, 0.15) is 48.0 Å². The van der Waals surface area contributed by atoms with Crippen molar-refractivity contribution in [2.45, 2.75) is 48.0 Å². The zero-order valence-electron chi connectivity index (χ0n) is 9.57. The summed E-state index contributed by atoms with van der Waals surface area (Å²) >= 11 is 0. The molecule has 1 unspecified atom stereocenters. The lowest BCUT2D eigenvalue weighted by Crippen LogP contribution is -2.16. The molecule has 0 fully saturated rings. The Hall–Kier alpha value is -0.260. The Morgan fingerprint density at radius 3 is 1.83 bits per heavy atom. The molecule has 0 spiro atoms. The van der Waals surface area contributed by atoms with Crippen LogP contribution in [0, 0.1) is 17.3 Å². The van der Waals surface area contributed by atoms with Gasteiger partial charge in [-0.15, -0.1) is 0 Å². The predicted octanol–water partition coefficient (Wildman–Crippen LogP) is 4.27. The van der Waals surface area contributed by atoms with Gasteiger partial charge in [0.05, 0.1) is 0 Å². The van der Waals surface area contributed by atoms with Gasteiger partial charge in [-0.05, 0) is 23.7 Å². The van der Waals surface area contributed by atoms with Crippen LogP contribution in [0.15, 0.2) is 12.2 Å². The van der Waals surface area contributed by atoms with Gasteiger partial charge < -0.3 is 0 Å². The maximum atomic E-state index is 4.18. The van der Waals surface area contributed by atoms with E-state index in [4.69, 9.17) is 0 Å². The smallest absolute Gasteiger partial charge is 0.0173 e. The molecule has 0 aromatic rings. The molecule has 0 aliphatic heterocycles. The van der Waals surface area contributed by atoms with Gasteiger partial charge in [0.1, 0.15) is 0 Å². The molecule has 72 valence electrons. The zero-order chi connectivity index (χ0) is 9.94. The van der Waals surface area contributed by atoms with E-state index in [-0.39, 0.29) is 5.41 Å². The summed E-state index contributed by atoms with van der Waals surface area (Å²) in [5.41, 5.74) is 1.66. The van der Waals surface area contributed by atoms with Crippen molar-refractivity contribution in [3.8, 4) is 0 Å². The second-order valence-electron chi connectivity index (χ2n) is 5.31. The Kier molecular flexibility index (Phi) is 4.02. The van der Waals surface area contributed by atoms with E-state index >= 15 is 0 Å². The molecule has 0 saturated carbocycles. The van der Waals surface area contributed by atoms with Crippen molar-refractivity contribution in [3.05, 3.63) is 12.2 Å². The van der Waals surface area contributed by atoms with E-state index in [0.29, 0.717) is 5.92 Å². The molecule has 0 rings (SSSR count). The van der Waals surface area contributed by atoms with Crippen LogP contribution >= 0.6 is 0 Å². The first-order chi connectivity index (χ1) is 5.25. The first kappa shape index (κ1) is 11.7. The van der Waals surface area contributed by atoms with Gasteiger partial charge in [0.2, 0.25) is 0 Å². The number of rotatable bonds is 3. The van der Waals surface area contributed by atoms with Crippen LogP contribution in [-0.2, 0) is 0 Å². The fourth-order valence-electron chi connectivity index (χ4n) is 1.59. The number of hydrogen-bond acceptors (Lipinski definition) is 0. The fraction of sp³-hybridized carbons (Fsp3) is 0.833. The van der Waals surface area contributed by atoms with Crippen LogP contribution in [0.25, 0.3) is 0 Å². The minimum Gasteiger partial charge on any atom is -0.0991 e. The van der Waals surface area contributed by atoms with Crippen LogP contribution in [0.2, 0.25) is 0 Å². The average Bonchev–Trinajstić information content (AvgIpc) is 1.82. The first-order valence-corrected chi connectivity index (χ1v) is 4.94. The van der Waals surface area contributed by atoms with Crippen molar-refractivity contribution in [2.75, 3.05) is 0 Å². The molecule has 0 aromatic carbocycles. The third kappa shape index (κ3) is 3.94. The predicted molar refractivity (Wildman–Crippen MR) is 57.2 cm³/mol. The van der Waals surface area contributed by atoms with Crippen LogP contribution in [0.4, 0.5) is 0 Å². The summed E-state index contributed by atoms with van der Waals surface area (Å²) < 4.78 is 0. The maximum Gasteiger partial charge on any atom is -0.0173 e. The summed E-state index contributed by atoms with van der Waals surface area (Å²) in [4.78, 5) is 0. The van der Waals surface area contributed by atoms with Gasteiger partial charge in [-0.2, -0.15) is 0 Å². The summed E-state index contributed by atoms with van der Waals surface area (Å²) in [6.07, 6.45) is 1.26. The highest BCUT2D eigenvalue weighted by Gasteiger charge is 2.20. The molecule has 0 saturated heterocycles. The lowest BCUT2D eigenvalue weighted by Gasteiger charge is -2.28. The number of hydrogen-bond donors (Lipinski definition) is 0. The zero-order valence-corrected chi connectivity index (χ0v) is 9.57. The molecular weight excluding hydrogens is 144 g/mol. The Balaban J connectivity index is 4.12. The molecule has 0 aliphatic carbocycles. The van der Waals surface area contributed by atoms with Gasteiger partial charge in [-0.3, -0.25) is 0 Å². The van der Waals surface area contributed by atoms with Gasteiger partial charge in [-0.1, -0.05) is 53.7 Å². The summed E-state index contributed by atoms with van der Waals surface area (Å²) in [6, 6.07) is 0. The highest BCUT2D eigenvalue weighted by molar-refractivity contribution is 5.08. The Morgan fingerprint density at radius 2 is 1.58 bits per heavy atom.